The molecule has 0 aliphatic heterocycles. The summed E-state index contributed by atoms with van der Waals surface area (Å²) >= 11 is 1.27. The first-order valence-electron chi connectivity index (χ1n) is 6.26. The zero-order valence-corrected chi connectivity index (χ0v) is 14.6. The molecule has 0 amide bonds. The Hall–Kier alpha value is -0.893. The van der Waals surface area contributed by atoms with E-state index < -0.39 is 14.1 Å². The van der Waals surface area contributed by atoms with Gasteiger partial charge in [-0.15, -0.1) is 11.5 Å². The van der Waals surface area contributed by atoms with Crippen LogP contribution in [0, 0.1) is 17.4 Å². The Labute approximate surface area is 121 Å². The van der Waals surface area contributed by atoms with Crippen molar-refractivity contribution in [2.24, 2.45) is 11.0 Å². The van der Waals surface area contributed by atoms with Crippen LogP contribution in [0.25, 0.3) is 10.4 Å². The maximum atomic E-state index is 12.1. The van der Waals surface area contributed by atoms with Gasteiger partial charge in [0.2, 0.25) is 0 Å². The van der Waals surface area contributed by atoms with Crippen molar-refractivity contribution in [2.75, 3.05) is 0 Å². The summed E-state index contributed by atoms with van der Waals surface area (Å²) in [4.78, 5) is 14.9. The van der Waals surface area contributed by atoms with Crippen molar-refractivity contribution in [3.63, 3.8) is 0 Å². The molecule has 2 atom stereocenters. The second-order valence-electron chi connectivity index (χ2n) is 6.49. The van der Waals surface area contributed by atoms with Gasteiger partial charge in [0, 0.05) is 15.6 Å². The van der Waals surface area contributed by atoms with E-state index in [0.717, 1.165) is 0 Å². The lowest BCUT2D eigenvalue weighted by Crippen LogP contribution is -2.25. The minimum atomic E-state index is -1.54. The quantitative estimate of drug-likeness (QED) is 0.257. The van der Waals surface area contributed by atoms with Gasteiger partial charge in [0.05, 0.1) is 0 Å². The van der Waals surface area contributed by atoms with E-state index in [1.54, 1.807) is 6.92 Å². The molecule has 0 unspecified atom stereocenters. The number of thioether (sulfide) groups is 1. The number of hydrogen-bond acceptors (Lipinski definition) is 3. The molecule has 0 aromatic carbocycles. The smallest absolute Gasteiger partial charge is 0.193 e. The number of hydrogen-bond donors (Lipinski definition) is 0. The first-order chi connectivity index (χ1) is 8.46. The third kappa shape index (κ3) is 8.76. The van der Waals surface area contributed by atoms with E-state index >= 15 is 0 Å². The molecule has 0 aliphatic rings. The maximum absolute atomic E-state index is 12.1. The van der Waals surface area contributed by atoms with Gasteiger partial charge in [-0.05, 0) is 5.53 Å². The Morgan fingerprint density at radius 1 is 1.37 bits per heavy atom. The lowest BCUT2D eigenvalue weighted by Gasteiger charge is -2.20. The van der Waals surface area contributed by atoms with Crippen molar-refractivity contribution < 1.29 is 4.79 Å². The van der Waals surface area contributed by atoms with E-state index in [4.69, 9.17) is 5.53 Å². The molecule has 0 heterocycles. The predicted octanol–water partition coefficient (Wildman–Crippen LogP) is 4.24. The SMILES string of the molecule is C[C@@H](C(=O)SC(C)(C)C)[C@@H](C#C[Si](C)(C)C)N=[N+]=[N-]. The lowest BCUT2D eigenvalue weighted by molar-refractivity contribution is -0.114. The van der Waals surface area contributed by atoms with Gasteiger partial charge in [0.1, 0.15) is 14.1 Å². The van der Waals surface area contributed by atoms with Crippen LogP contribution in [-0.2, 0) is 4.79 Å². The number of carbonyl (C=O) groups is 1. The maximum Gasteiger partial charge on any atom is 0.193 e. The van der Waals surface area contributed by atoms with Crippen LogP contribution in [0.3, 0.4) is 0 Å². The Kier molecular flexibility index (Phi) is 6.71. The monoisotopic (exact) mass is 297 g/mol. The normalized spacial score (nSPS) is 14.7. The summed E-state index contributed by atoms with van der Waals surface area (Å²) in [6, 6.07) is -0.570. The predicted molar refractivity (Wildman–Crippen MR) is 85.6 cm³/mol. The highest BCUT2D eigenvalue weighted by molar-refractivity contribution is 8.14. The summed E-state index contributed by atoms with van der Waals surface area (Å²) in [6.07, 6.45) is 0. The van der Waals surface area contributed by atoms with Crippen molar-refractivity contribution >= 4 is 25.0 Å². The molecule has 0 rings (SSSR count). The first kappa shape index (κ1) is 18.1. The Balaban J connectivity index is 5.04. The van der Waals surface area contributed by atoms with E-state index in [0.29, 0.717) is 0 Å². The third-order valence-electron chi connectivity index (χ3n) is 2.02. The van der Waals surface area contributed by atoms with E-state index in [1.807, 2.05) is 20.8 Å². The molecule has 0 spiro atoms. The van der Waals surface area contributed by atoms with Gasteiger partial charge < -0.3 is 0 Å². The van der Waals surface area contributed by atoms with Gasteiger partial charge in [-0.3, -0.25) is 4.79 Å². The van der Waals surface area contributed by atoms with Gasteiger partial charge in [-0.1, -0.05) is 64.2 Å². The Morgan fingerprint density at radius 3 is 2.26 bits per heavy atom. The summed E-state index contributed by atoms with van der Waals surface area (Å²) in [5.74, 6) is 2.60. The van der Waals surface area contributed by atoms with Crippen LogP contribution < -0.4 is 0 Å². The summed E-state index contributed by atoms with van der Waals surface area (Å²) in [7, 11) is -1.54. The molecule has 0 saturated carbocycles. The van der Waals surface area contributed by atoms with Gasteiger partial charge in [-0.25, -0.2) is 0 Å². The average Bonchev–Trinajstić information content (AvgIpc) is 2.19. The molecule has 0 radical (unpaired) electrons. The second kappa shape index (κ2) is 7.04. The highest BCUT2D eigenvalue weighted by Crippen LogP contribution is 2.28. The van der Waals surface area contributed by atoms with Crippen molar-refractivity contribution in [1.82, 2.24) is 0 Å². The van der Waals surface area contributed by atoms with Crippen LogP contribution in [0.4, 0.5) is 0 Å². The number of nitrogens with zero attached hydrogens (tertiary/aromatic N) is 3. The van der Waals surface area contributed by atoms with Gasteiger partial charge in [0.15, 0.2) is 5.12 Å². The number of carbonyl (C=O) groups excluding carboxylic acids is 1. The zero-order valence-electron chi connectivity index (χ0n) is 12.8. The van der Waals surface area contributed by atoms with Crippen LogP contribution in [0.1, 0.15) is 27.7 Å². The summed E-state index contributed by atoms with van der Waals surface area (Å²) in [5, 5.41) is 3.70. The summed E-state index contributed by atoms with van der Waals surface area (Å²) in [5.41, 5.74) is 11.8. The van der Waals surface area contributed by atoms with Crippen LogP contribution >= 0.6 is 11.8 Å². The van der Waals surface area contributed by atoms with Crippen molar-refractivity contribution in [1.29, 1.82) is 0 Å². The van der Waals surface area contributed by atoms with Crippen LogP contribution in [-0.4, -0.2) is 24.0 Å². The van der Waals surface area contributed by atoms with Crippen molar-refractivity contribution in [3.05, 3.63) is 10.4 Å². The van der Waals surface area contributed by atoms with Crippen molar-refractivity contribution in [3.8, 4) is 11.5 Å². The highest BCUT2D eigenvalue weighted by atomic mass is 32.2. The number of azide groups is 1. The standard InChI is InChI=1S/C13H23N3OSSi/c1-10(12(17)18-13(2,3)4)11(15-16-14)8-9-19(5,6)7/h10-11H,1-7H3/t10-,11-/m1/s1. The third-order valence-corrected chi connectivity index (χ3v) is 4.10. The van der Waals surface area contributed by atoms with Gasteiger partial charge in [-0.2, -0.15) is 0 Å². The highest BCUT2D eigenvalue weighted by Gasteiger charge is 2.26. The molecule has 0 fully saturated rings. The molecule has 19 heavy (non-hydrogen) atoms. The first-order valence-corrected chi connectivity index (χ1v) is 10.6. The van der Waals surface area contributed by atoms with Crippen LogP contribution in [0.15, 0.2) is 5.11 Å². The van der Waals surface area contributed by atoms with Crippen LogP contribution in [0.2, 0.25) is 19.6 Å². The van der Waals surface area contributed by atoms with Crippen molar-refractivity contribution in [2.45, 2.75) is 58.1 Å². The second-order valence-corrected chi connectivity index (χ2v) is 13.1. The molecule has 0 aliphatic carbocycles. The molecule has 0 aromatic heterocycles. The minimum absolute atomic E-state index is 0.0229. The molecule has 0 bridgehead atoms. The zero-order chi connectivity index (χ0) is 15.3. The molecule has 6 heteroatoms. The van der Waals surface area contributed by atoms with E-state index in [1.165, 1.54) is 11.8 Å². The fraction of sp³-hybridized carbons (Fsp3) is 0.769. The number of rotatable bonds is 3. The van der Waals surface area contributed by atoms with Gasteiger partial charge >= 0.3 is 0 Å². The van der Waals surface area contributed by atoms with E-state index in [9.17, 15) is 4.79 Å². The lowest BCUT2D eigenvalue weighted by atomic mass is 10.1. The average molecular weight is 297 g/mol. The minimum Gasteiger partial charge on any atom is -0.287 e. The molecular formula is C13H23N3OSSi. The van der Waals surface area contributed by atoms with E-state index in [-0.39, 0.29) is 15.8 Å². The molecular weight excluding hydrogens is 274 g/mol. The fourth-order valence-corrected chi connectivity index (χ4v) is 2.62. The topological polar surface area (TPSA) is 65.8 Å². The summed E-state index contributed by atoms with van der Waals surface area (Å²) < 4.78 is -0.140. The Bertz CT molecular complexity index is 434. The Morgan fingerprint density at radius 2 is 1.89 bits per heavy atom. The molecule has 106 valence electrons. The van der Waals surface area contributed by atoms with E-state index in [2.05, 4.69) is 41.1 Å². The van der Waals surface area contributed by atoms with Crippen LogP contribution in [0.5, 0.6) is 0 Å². The fourth-order valence-electron chi connectivity index (χ4n) is 1.12. The molecule has 0 saturated heterocycles. The van der Waals surface area contributed by atoms with Gasteiger partial charge in [0.25, 0.3) is 0 Å². The molecule has 0 N–H and O–H groups in total. The largest absolute Gasteiger partial charge is 0.287 e. The summed E-state index contributed by atoms with van der Waals surface area (Å²) in [6.45, 7) is 14.1. The molecule has 0 aromatic rings. The molecule has 4 nitrogen and oxygen atoms in total.